The van der Waals surface area contributed by atoms with E-state index in [4.69, 9.17) is 4.42 Å². The lowest BCUT2D eigenvalue weighted by molar-refractivity contribution is -0.131. The van der Waals surface area contributed by atoms with Crippen molar-refractivity contribution in [2.45, 2.75) is 44.7 Å². The Labute approximate surface area is 153 Å². The lowest BCUT2D eigenvalue weighted by atomic mass is 10.4. The van der Waals surface area contributed by atoms with Crippen molar-refractivity contribution in [1.82, 2.24) is 19.0 Å². The van der Waals surface area contributed by atoms with E-state index in [1.54, 1.807) is 30.9 Å². The smallest absolute Gasteiger partial charge is 0.246 e. The van der Waals surface area contributed by atoms with Crippen molar-refractivity contribution in [1.29, 1.82) is 0 Å². The average molecular weight is 380 g/mol. The summed E-state index contributed by atoms with van der Waals surface area (Å²) in [4.78, 5) is 14.3. The molecule has 2 aromatic heterocycles. The number of carbonyl (C=O) groups is 1. The van der Waals surface area contributed by atoms with Gasteiger partial charge >= 0.3 is 0 Å². The van der Waals surface area contributed by atoms with Crippen molar-refractivity contribution in [3.8, 4) is 0 Å². The molecule has 0 aromatic carbocycles. The van der Waals surface area contributed by atoms with E-state index >= 15 is 0 Å². The van der Waals surface area contributed by atoms with Crippen LogP contribution < -0.4 is 0 Å². The topological polar surface area (TPSA) is 88.7 Å². The van der Waals surface area contributed by atoms with Gasteiger partial charge < -0.3 is 9.32 Å². The Morgan fingerprint density at radius 2 is 2.00 bits per heavy atom. The molecule has 0 atom stereocenters. The van der Waals surface area contributed by atoms with Crippen LogP contribution in [0, 0.1) is 13.8 Å². The summed E-state index contributed by atoms with van der Waals surface area (Å²) >= 11 is 0. The number of sulfonamides is 1. The average Bonchev–Trinajstić information content (AvgIpc) is 3.30. The minimum atomic E-state index is -3.75. The van der Waals surface area contributed by atoms with E-state index in [2.05, 4.69) is 5.10 Å². The van der Waals surface area contributed by atoms with Crippen molar-refractivity contribution in [2.75, 3.05) is 20.1 Å². The van der Waals surface area contributed by atoms with Gasteiger partial charge in [-0.05, 0) is 38.8 Å². The second-order valence-corrected chi connectivity index (χ2v) is 8.57. The van der Waals surface area contributed by atoms with Crippen LogP contribution in [0.2, 0.25) is 0 Å². The first-order valence-electron chi connectivity index (χ1n) is 8.61. The molecule has 0 aliphatic carbocycles. The number of hydrogen-bond donors (Lipinski definition) is 0. The van der Waals surface area contributed by atoms with Gasteiger partial charge in [-0.1, -0.05) is 0 Å². The number of aromatic nitrogens is 2. The third kappa shape index (κ3) is 3.54. The second-order valence-electron chi connectivity index (χ2n) is 6.59. The lowest BCUT2D eigenvalue weighted by Crippen LogP contribution is -2.32. The Morgan fingerprint density at radius 1 is 1.31 bits per heavy atom. The van der Waals surface area contributed by atoms with E-state index in [1.165, 1.54) is 22.3 Å². The minimum absolute atomic E-state index is 0.0269. The molecule has 1 saturated heterocycles. The molecule has 2 aromatic rings. The fourth-order valence-corrected chi connectivity index (χ4v) is 4.77. The van der Waals surface area contributed by atoms with Gasteiger partial charge in [-0.3, -0.25) is 9.48 Å². The minimum Gasteiger partial charge on any atom is -0.468 e. The number of aryl methyl sites for hydroxylation is 1. The van der Waals surface area contributed by atoms with Gasteiger partial charge in [0, 0.05) is 20.1 Å². The van der Waals surface area contributed by atoms with E-state index in [-0.39, 0.29) is 23.9 Å². The van der Waals surface area contributed by atoms with Gasteiger partial charge in [-0.15, -0.1) is 0 Å². The van der Waals surface area contributed by atoms with Crippen LogP contribution in [0.3, 0.4) is 0 Å². The molecule has 1 aliphatic rings. The number of rotatable bonds is 6. The maximum Gasteiger partial charge on any atom is 0.246 e. The molecule has 8 nitrogen and oxygen atoms in total. The lowest BCUT2D eigenvalue weighted by Gasteiger charge is -2.17. The predicted molar refractivity (Wildman–Crippen MR) is 94.9 cm³/mol. The highest BCUT2D eigenvalue weighted by atomic mass is 32.2. The van der Waals surface area contributed by atoms with Crippen molar-refractivity contribution in [3.63, 3.8) is 0 Å². The van der Waals surface area contributed by atoms with Crippen molar-refractivity contribution < 1.29 is 17.6 Å². The number of furan rings is 1. The molecule has 0 unspecified atom stereocenters. The summed E-state index contributed by atoms with van der Waals surface area (Å²) in [5.74, 6) is 0.531. The Morgan fingerprint density at radius 3 is 2.62 bits per heavy atom. The number of amides is 1. The molecule has 3 heterocycles. The first-order chi connectivity index (χ1) is 12.3. The van der Waals surface area contributed by atoms with E-state index in [0.717, 1.165) is 25.9 Å². The zero-order chi connectivity index (χ0) is 18.9. The van der Waals surface area contributed by atoms with E-state index in [0.29, 0.717) is 17.1 Å². The Bertz CT molecular complexity index is 880. The van der Waals surface area contributed by atoms with E-state index < -0.39 is 10.0 Å². The molecule has 0 N–H and O–H groups in total. The molecule has 0 bridgehead atoms. The van der Waals surface area contributed by atoms with Crippen LogP contribution in [0.1, 0.15) is 30.0 Å². The highest BCUT2D eigenvalue weighted by Gasteiger charge is 2.30. The van der Waals surface area contributed by atoms with Crippen LogP contribution in [0.15, 0.2) is 27.7 Å². The molecule has 1 amide bonds. The van der Waals surface area contributed by atoms with E-state index in [9.17, 15) is 13.2 Å². The van der Waals surface area contributed by atoms with Gasteiger partial charge in [0.1, 0.15) is 17.2 Å². The van der Waals surface area contributed by atoms with Crippen molar-refractivity contribution in [3.05, 3.63) is 35.5 Å². The molecule has 0 saturated carbocycles. The molecule has 0 radical (unpaired) electrons. The van der Waals surface area contributed by atoms with Crippen molar-refractivity contribution in [2.24, 2.45) is 0 Å². The number of likely N-dealkylation sites (tertiary alicyclic amines) is 1. The third-order valence-electron chi connectivity index (χ3n) is 4.69. The normalized spacial score (nSPS) is 15.2. The summed E-state index contributed by atoms with van der Waals surface area (Å²) in [7, 11) is -2.24. The molecular weight excluding hydrogens is 356 g/mol. The van der Waals surface area contributed by atoms with Crippen LogP contribution in [0.25, 0.3) is 0 Å². The van der Waals surface area contributed by atoms with Gasteiger partial charge in [0.05, 0.1) is 24.2 Å². The zero-order valence-corrected chi connectivity index (χ0v) is 16.1. The van der Waals surface area contributed by atoms with Gasteiger partial charge in [0.2, 0.25) is 15.9 Å². The van der Waals surface area contributed by atoms with E-state index in [1.807, 2.05) is 0 Å². The maximum absolute atomic E-state index is 13.0. The number of hydrogen-bond acceptors (Lipinski definition) is 5. The standard InChI is InChI=1S/C17H24N4O4S/c1-13-17(26(23,24)19(3)11-15-7-6-10-25-15)14(2)21(18-13)12-16(22)20-8-4-5-9-20/h6-7,10H,4-5,8-9,11-12H2,1-3H3. The summed E-state index contributed by atoms with van der Waals surface area (Å²) in [6.07, 6.45) is 3.54. The Hall–Kier alpha value is -2.13. The highest BCUT2D eigenvalue weighted by Crippen LogP contribution is 2.24. The molecule has 3 rings (SSSR count). The molecular formula is C17H24N4O4S. The summed E-state index contributed by atoms with van der Waals surface area (Å²) in [6.45, 7) is 5.04. The van der Waals surface area contributed by atoms with Gasteiger partial charge in [-0.2, -0.15) is 9.40 Å². The molecule has 0 spiro atoms. The summed E-state index contributed by atoms with van der Waals surface area (Å²) in [5, 5.41) is 4.31. The Balaban J connectivity index is 1.83. The first-order valence-corrected chi connectivity index (χ1v) is 10.0. The van der Waals surface area contributed by atoms with Crippen LogP contribution in [-0.4, -0.2) is 53.4 Å². The summed E-state index contributed by atoms with van der Waals surface area (Å²) < 4.78 is 33.9. The molecule has 1 fully saturated rings. The van der Waals surface area contributed by atoms with Crippen LogP contribution >= 0.6 is 0 Å². The van der Waals surface area contributed by atoms with Gasteiger partial charge in [0.25, 0.3) is 0 Å². The summed E-state index contributed by atoms with van der Waals surface area (Å²) in [5.41, 5.74) is 0.865. The molecule has 9 heteroatoms. The summed E-state index contributed by atoms with van der Waals surface area (Å²) in [6, 6.07) is 3.44. The van der Waals surface area contributed by atoms with Crippen molar-refractivity contribution >= 4 is 15.9 Å². The third-order valence-corrected chi connectivity index (χ3v) is 6.74. The number of carbonyl (C=O) groups excluding carboxylic acids is 1. The molecule has 1 aliphatic heterocycles. The molecule has 26 heavy (non-hydrogen) atoms. The van der Waals surface area contributed by atoms with Gasteiger partial charge in [0.15, 0.2) is 0 Å². The Kier molecular flexibility index (Phi) is 5.19. The van der Waals surface area contributed by atoms with Crippen LogP contribution in [0.4, 0.5) is 0 Å². The monoisotopic (exact) mass is 380 g/mol. The SMILES string of the molecule is Cc1nn(CC(=O)N2CCCC2)c(C)c1S(=O)(=O)N(C)Cc1ccco1. The van der Waals surface area contributed by atoms with Gasteiger partial charge in [-0.25, -0.2) is 8.42 Å². The largest absolute Gasteiger partial charge is 0.468 e. The zero-order valence-electron chi connectivity index (χ0n) is 15.3. The predicted octanol–water partition coefficient (Wildman–Crippen LogP) is 1.54. The number of nitrogens with zero attached hydrogens (tertiary/aromatic N) is 4. The van der Waals surface area contributed by atoms with Crippen LogP contribution in [0.5, 0.6) is 0 Å². The fraction of sp³-hybridized carbons (Fsp3) is 0.529. The van der Waals surface area contributed by atoms with Crippen LogP contribution in [-0.2, 0) is 27.9 Å². The highest BCUT2D eigenvalue weighted by molar-refractivity contribution is 7.89. The first kappa shape index (κ1) is 18.7. The second kappa shape index (κ2) is 7.24. The maximum atomic E-state index is 13.0. The quantitative estimate of drug-likeness (QED) is 0.758. The molecule has 142 valence electrons. The fourth-order valence-electron chi connectivity index (χ4n) is 3.27.